The van der Waals surface area contributed by atoms with Crippen LogP contribution in [-0.2, 0) is 9.84 Å². The lowest BCUT2D eigenvalue weighted by atomic mass is 10.1. The van der Waals surface area contributed by atoms with Crippen molar-refractivity contribution in [2.75, 3.05) is 18.2 Å². The molecule has 0 bridgehead atoms. The van der Waals surface area contributed by atoms with Crippen LogP contribution in [0.3, 0.4) is 0 Å². The molecule has 0 aliphatic rings. The molecular formula is C17H16F3NO4S. The molecule has 0 fully saturated rings. The molecule has 26 heavy (non-hydrogen) atoms. The number of carbonyl (C=O) groups excluding carboxylic acids is 1. The summed E-state index contributed by atoms with van der Waals surface area (Å²) in [6, 6.07) is 9.65. The van der Waals surface area contributed by atoms with Crippen LogP contribution in [0, 0.1) is 6.92 Å². The van der Waals surface area contributed by atoms with E-state index in [1.165, 1.54) is 42.5 Å². The van der Waals surface area contributed by atoms with Crippen LogP contribution in [0.4, 0.5) is 18.9 Å². The first-order chi connectivity index (χ1) is 12.0. The standard InChI is InChI=1S/C17H16F3NO4S/c1-11-6-7-14(26(2,23)24)9-15(11)16(22)21-12-4-3-5-13(8-12)25-10-17(18,19)20/h3-9H,10H2,1-2H3,(H,21,22). The van der Waals surface area contributed by atoms with Gasteiger partial charge in [0.15, 0.2) is 16.4 Å². The molecule has 2 aromatic carbocycles. The predicted octanol–water partition coefficient (Wildman–Crippen LogP) is 3.59. The van der Waals surface area contributed by atoms with Gasteiger partial charge in [-0.15, -0.1) is 0 Å². The number of ether oxygens (including phenoxy) is 1. The van der Waals surface area contributed by atoms with Crippen molar-refractivity contribution >= 4 is 21.4 Å². The SMILES string of the molecule is Cc1ccc(S(C)(=O)=O)cc1C(=O)Nc1cccc(OCC(F)(F)F)c1. The highest BCUT2D eigenvalue weighted by molar-refractivity contribution is 7.90. The lowest BCUT2D eigenvalue weighted by molar-refractivity contribution is -0.153. The average molecular weight is 387 g/mol. The van der Waals surface area contributed by atoms with Gasteiger partial charge in [-0.25, -0.2) is 8.42 Å². The Bertz CT molecular complexity index is 924. The van der Waals surface area contributed by atoms with Gasteiger partial charge in [-0.2, -0.15) is 13.2 Å². The summed E-state index contributed by atoms with van der Waals surface area (Å²) < 4.78 is 64.5. The predicted molar refractivity (Wildman–Crippen MR) is 90.2 cm³/mol. The zero-order valence-corrected chi connectivity index (χ0v) is 14.7. The van der Waals surface area contributed by atoms with Crippen molar-refractivity contribution in [2.45, 2.75) is 18.0 Å². The van der Waals surface area contributed by atoms with Gasteiger partial charge < -0.3 is 10.1 Å². The van der Waals surface area contributed by atoms with Crippen LogP contribution in [-0.4, -0.2) is 33.4 Å². The number of amides is 1. The second-order valence-electron chi connectivity index (χ2n) is 5.63. The Morgan fingerprint density at radius 3 is 2.46 bits per heavy atom. The molecule has 2 rings (SSSR count). The Balaban J connectivity index is 2.20. The second kappa shape index (κ2) is 7.36. The van der Waals surface area contributed by atoms with Crippen LogP contribution in [0.15, 0.2) is 47.4 Å². The minimum Gasteiger partial charge on any atom is -0.484 e. The molecule has 140 valence electrons. The van der Waals surface area contributed by atoms with Gasteiger partial charge in [-0.3, -0.25) is 4.79 Å². The molecule has 0 aromatic heterocycles. The number of rotatable bonds is 5. The molecule has 2 aromatic rings. The fourth-order valence-corrected chi connectivity index (χ4v) is 2.75. The Hall–Kier alpha value is -2.55. The van der Waals surface area contributed by atoms with E-state index in [2.05, 4.69) is 10.1 Å². The Kier molecular flexibility index (Phi) is 5.60. The normalized spacial score (nSPS) is 11.9. The quantitative estimate of drug-likeness (QED) is 0.851. The smallest absolute Gasteiger partial charge is 0.422 e. The molecule has 0 atom stereocenters. The van der Waals surface area contributed by atoms with E-state index in [-0.39, 0.29) is 21.9 Å². The van der Waals surface area contributed by atoms with Crippen molar-refractivity contribution < 1.29 is 31.1 Å². The van der Waals surface area contributed by atoms with Crippen LogP contribution in [0.2, 0.25) is 0 Å². The number of hydrogen-bond donors (Lipinski definition) is 1. The molecule has 0 heterocycles. The van der Waals surface area contributed by atoms with E-state index < -0.39 is 28.5 Å². The lowest BCUT2D eigenvalue weighted by Gasteiger charge is -2.12. The summed E-state index contributed by atoms with van der Waals surface area (Å²) in [6.07, 6.45) is -3.44. The summed E-state index contributed by atoms with van der Waals surface area (Å²) in [5.41, 5.74) is 0.924. The van der Waals surface area contributed by atoms with Crippen molar-refractivity contribution in [3.63, 3.8) is 0 Å². The Labute approximate surface area is 148 Å². The van der Waals surface area contributed by atoms with E-state index >= 15 is 0 Å². The first-order valence-electron chi connectivity index (χ1n) is 7.37. The monoisotopic (exact) mass is 387 g/mol. The maximum absolute atomic E-state index is 12.4. The van der Waals surface area contributed by atoms with Crippen molar-refractivity contribution in [1.29, 1.82) is 0 Å². The first-order valence-corrected chi connectivity index (χ1v) is 9.26. The minimum absolute atomic E-state index is 0.00416. The number of sulfone groups is 1. The number of aryl methyl sites for hydroxylation is 1. The van der Waals surface area contributed by atoms with Crippen LogP contribution >= 0.6 is 0 Å². The number of nitrogens with one attached hydrogen (secondary N) is 1. The van der Waals surface area contributed by atoms with Gasteiger partial charge in [-0.1, -0.05) is 12.1 Å². The molecule has 0 saturated heterocycles. The third kappa shape index (κ3) is 5.48. The Morgan fingerprint density at radius 1 is 1.15 bits per heavy atom. The van der Waals surface area contributed by atoms with Crippen LogP contribution in [0.1, 0.15) is 15.9 Å². The van der Waals surface area contributed by atoms with Gasteiger partial charge in [-0.05, 0) is 36.8 Å². The molecule has 0 aliphatic heterocycles. The van der Waals surface area contributed by atoms with E-state index in [1.54, 1.807) is 6.92 Å². The summed E-state index contributed by atoms with van der Waals surface area (Å²) in [7, 11) is -3.48. The van der Waals surface area contributed by atoms with E-state index in [9.17, 15) is 26.4 Å². The van der Waals surface area contributed by atoms with E-state index in [1.807, 2.05) is 0 Å². The number of hydrogen-bond acceptors (Lipinski definition) is 4. The fraction of sp³-hybridized carbons (Fsp3) is 0.235. The topological polar surface area (TPSA) is 72.5 Å². The van der Waals surface area contributed by atoms with Crippen molar-refractivity contribution in [2.24, 2.45) is 0 Å². The van der Waals surface area contributed by atoms with Gasteiger partial charge in [0.05, 0.1) is 4.90 Å². The van der Waals surface area contributed by atoms with E-state index in [0.717, 1.165) is 6.26 Å². The number of halogens is 3. The molecule has 1 N–H and O–H groups in total. The number of carbonyl (C=O) groups is 1. The molecule has 0 unspecified atom stereocenters. The highest BCUT2D eigenvalue weighted by atomic mass is 32.2. The second-order valence-corrected chi connectivity index (χ2v) is 7.65. The number of anilines is 1. The van der Waals surface area contributed by atoms with Crippen LogP contribution in [0.25, 0.3) is 0 Å². The summed E-state index contributed by atoms with van der Waals surface area (Å²) in [5.74, 6) is -0.636. The van der Waals surface area contributed by atoms with Gasteiger partial charge in [0.2, 0.25) is 0 Å². The zero-order chi connectivity index (χ0) is 19.5. The molecule has 0 spiro atoms. The van der Waals surface area contributed by atoms with Crippen molar-refractivity contribution in [3.05, 3.63) is 53.6 Å². The summed E-state index contributed by atoms with van der Waals surface area (Å²) in [4.78, 5) is 12.4. The molecular weight excluding hydrogens is 371 g/mol. The van der Waals surface area contributed by atoms with Crippen LogP contribution < -0.4 is 10.1 Å². The average Bonchev–Trinajstić information content (AvgIpc) is 2.52. The third-order valence-corrected chi connectivity index (χ3v) is 4.49. The minimum atomic E-state index is -4.47. The van der Waals surface area contributed by atoms with Crippen molar-refractivity contribution in [3.8, 4) is 5.75 Å². The van der Waals surface area contributed by atoms with Gasteiger partial charge in [0.25, 0.3) is 5.91 Å². The maximum atomic E-state index is 12.4. The van der Waals surface area contributed by atoms with Gasteiger partial charge in [0.1, 0.15) is 5.75 Å². The van der Waals surface area contributed by atoms with Gasteiger partial charge in [0, 0.05) is 23.6 Å². The van der Waals surface area contributed by atoms with Crippen LogP contribution in [0.5, 0.6) is 5.75 Å². The summed E-state index contributed by atoms with van der Waals surface area (Å²) >= 11 is 0. The number of alkyl halides is 3. The maximum Gasteiger partial charge on any atom is 0.422 e. The van der Waals surface area contributed by atoms with E-state index in [4.69, 9.17) is 0 Å². The molecule has 0 aliphatic carbocycles. The summed E-state index contributed by atoms with van der Waals surface area (Å²) in [5, 5.41) is 2.52. The van der Waals surface area contributed by atoms with Crippen molar-refractivity contribution in [1.82, 2.24) is 0 Å². The first kappa shape index (κ1) is 19.8. The fourth-order valence-electron chi connectivity index (χ4n) is 2.10. The van der Waals surface area contributed by atoms with Gasteiger partial charge >= 0.3 is 6.18 Å². The largest absolute Gasteiger partial charge is 0.484 e. The lowest BCUT2D eigenvalue weighted by Crippen LogP contribution is -2.19. The Morgan fingerprint density at radius 2 is 1.85 bits per heavy atom. The molecule has 0 radical (unpaired) electrons. The van der Waals surface area contributed by atoms with E-state index in [0.29, 0.717) is 5.56 Å². The summed E-state index contributed by atoms with van der Waals surface area (Å²) in [6.45, 7) is 0.198. The third-order valence-electron chi connectivity index (χ3n) is 3.38. The highest BCUT2D eigenvalue weighted by Crippen LogP contribution is 2.23. The molecule has 9 heteroatoms. The highest BCUT2D eigenvalue weighted by Gasteiger charge is 2.28. The number of benzene rings is 2. The molecule has 0 saturated carbocycles. The molecule has 1 amide bonds. The zero-order valence-electron chi connectivity index (χ0n) is 13.9. The molecule has 5 nitrogen and oxygen atoms in total.